The van der Waals surface area contributed by atoms with Gasteiger partial charge in [-0.3, -0.25) is 4.79 Å². The maximum absolute atomic E-state index is 13.0. The lowest BCUT2D eigenvalue weighted by Gasteiger charge is -2.26. The summed E-state index contributed by atoms with van der Waals surface area (Å²) in [6.45, 7) is 3.34. The first kappa shape index (κ1) is 22.8. The third-order valence-corrected chi connectivity index (χ3v) is 5.91. The van der Waals surface area contributed by atoms with Crippen LogP contribution in [-0.4, -0.2) is 45.7 Å². The summed E-state index contributed by atoms with van der Waals surface area (Å²) in [5, 5.41) is 19.3. The number of carboxylic acids is 1. The van der Waals surface area contributed by atoms with Crippen LogP contribution in [0.3, 0.4) is 0 Å². The molecule has 2 N–H and O–H groups in total. The fourth-order valence-electron chi connectivity index (χ4n) is 4.28. The fourth-order valence-corrected chi connectivity index (χ4v) is 4.28. The number of hydrogen-bond acceptors (Lipinski definition) is 5. The molecule has 0 spiro atoms. The van der Waals surface area contributed by atoms with E-state index in [1.165, 1.54) is 24.3 Å². The number of carboxylic acid groups (broad SMARTS) is 1. The smallest absolute Gasteiger partial charge is 0.417 e. The molecule has 0 bridgehead atoms. The van der Waals surface area contributed by atoms with Crippen LogP contribution in [0, 0.1) is 0 Å². The lowest BCUT2D eigenvalue weighted by molar-refractivity contribution is -0.147. The number of carbonyl (C=O) groups excluding carboxylic acids is 2. The monoisotopic (exact) mass is 457 g/mol. The third-order valence-electron chi connectivity index (χ3n) is 5.91. The molecule has 7 heteroatoms. The molecule has 0 aliphatic heterocycles. The minimum atomic E-state index is -1.51. The second-order valence-electron chi connectivity index (χ2n) is 7.94. The first-order valence-corrected chi connectivity index (χ1v) is 10.7. The highest BCUT2D eigenvalue weighted by Crippen LogP contribution is 2.44. The number of nitrogens with zero attached hydrogens (tertiary/aromatic N) is 1. The van der Waals surface area contributed by atoms with Gasteiger partial charge in [-0.1, -0.05) is 67.2 Å². The van der Waals surface area contributed by atoms with Gasteiger partial charge in [0.05, 0.1) is 0 Å². The minimum absolute atomic E-state index is 0.0196. The van der Waals surface area contributed by atoms with Gasteiger partial charge >= 0.3 is 12.1 Å². The number of fused-ring (bicyclic) bond motifs is 3. The molecule has 0 fully saturated rings. The van der Waals surface area contributed by atoms with Crippen molar-refractivity contribution in [1.82, 2.24) is 4.90 Å². The molecule has 4 rings (SSSR count). The van der Waals surface area contributed by atoms with E-state index in [9.17, 15) is 24.6 Å². The van der Waals surface area contributed by atoms with E-state index in [4.69, 9.17) is 4.74 Å². The zero-order chi connectivity index (χ0) is 24.2. The summed E-state index contributed by atoms with van der Waals surface area (Å²) in [6.07, 6.45) is -0.328. The quantitative estimate of drug-likeness (QED) is 0.511. The van der Waals surface area contributed by atoms with E-state index in [-0.39, 0.29) is 24.7 Å². The summed E-state index contributed by atoms with van der Waals surface area (Å²) >= 11 is 0. The molecule has 0 unspecified atom stereocenters. The van der Waals surface area contributed by atoms with Crippen molar-refractivity contribution in [2.45, 2.75) is 18.4 Å². The zero-order valence-corrected chi connectivity index (χ0v) is 18.3. The number of hydrogen-bond donors (Lipinski definition) is 2. The highest BCUT2D eigenvalue weighted by Gasteiger charge is 2.36. The summed E-state index contributed by atoms with van der Waals surface area (Å²) in [7, 11) is 0. The van der Waals surface area contributed by atoms with Crippen molar-refractivity contribution < 1.29 is 29.3 Å². The predicted molar refractivity (Wildman–Crippen MR) is 125 cm³/mol. The molecule has 0 aromatic heterocycles. The molecule has 7 nitrogen and oxygen atoms in total. The van der Waals surface area contributed by atoms with Crippen molar-refractivity contribution in [2.75, 3.05) is 6.61 Å². The van der Waals surface area contributed by atoms with Crippen molar-refractivity contribution >= 4 is 18.0 Å². The fraction of sp³-hybridized carbons (Fsp3) is 0.148. The second kappa shape index (κ2) is 9.62. The van der Waals surface area contributed by atoms with Crippen molar-refractivity contribution in [3.05, 3.63) is 102 Å². The molecule has 0 saturated carbocycles. The van der Waals surface area contributed by atoms with Crippen LogP contribution in [-0.2, 0) is 20.7 Å². The number of aromatic hydroxyl groups is 1. The Bertz CT molecular complexity index is 1200. The van der Waals surface area contributed by atoms with Crippen molar-refractivity contribution in [2.24, 2.45) is 0 Å². The molecule has 34 heavy (non-hydrogen) atoms. The van der Waals surface area contributed by atoms with Crippen LogP contribution >= 0.6 is 0 Å². The predicted octanol–water partition coefficient (Wildman–Crippen LogP) is 4.35. The third kappa shape index (κ3) is 4.41. The number of ether oxygens (including phenoxy) is 1. The molecule has 0 heterocycles. The molecule has 2 amide bonds. The Labute approximate surface area is 196 Å². The molecule has 1 atom stereocenters. The summed E-state index contributed by atoms with van der Waals surface area (Å²) in [5.74, 6) is -2.45. The average molecular weight is 457 g/mol. The second-order valence-corrected chi connectivity index (χ2v) is 7.94. The number of carbonyl (C=O) groups is 3. The van der Waals surface area contributed by atoms with E-state index < -0.39 is 24.0 Å². The topological polar surface area (TPSA) is 104 Å². The van der Waals surface area contributed by atoms with E-state index in [2.05, 4.69) is 6.58 Å². The molecular weight excluding hydrogens is 434 g/mol. The lowest BCUT2D eigenvalue weighted by Crippen LogP contribution is -2.49. The van der Waals surface area contributed by atoms with Gasteiger partial charge in [0.1, 0.15) is 18.4 Å². The number of benzene rings is 3. The number of aliphatic carboxylic acids is 1. The molecule has 0 saturated heterocycles. The van der Waals surface area contributed by atoms with Gasteiger partial charge in [-0.05, 0) is 46.0 Å². The van der Waals surface area contributed by atoms with Crippen molar-refractivity contribution in [1.29, 1.82) is 0 Å². The Kier molecular flexibility index (Phi) is 6.45. The molecule has 3 aromatic carbocycles. The molecule has 3 aromatic rings. The lowest BCUT2D eigenvalue weighted by atomic mass is 9.98. The summed E-state index contributed by atoms with van der Waals surface area (Å²) in [4.78, 5) is 38.2. The number of amides is 2. The SMILES string of the molecule is C=CC(=O)N(C(=O)OCC1c2ccccc2-c2ccccc21)[C@@H](Cc1ccc(O)cc1)C(=O)O. The summed E-state index contributed by atoms with van der Waals surface area (Å²) < 4.78 is 5.53. The number of phenolic OH excluding ortho intramolecular Hbond substituents is 1. The van der Waals surface area contributed by atoms with Crippen molar-refractivity contribution in [3.63, 3.8) is 0 Å². The van der Waals surface area contributed by atoms with Crippen LogP contribution in [0.4, 0.5) is 4.79 Å². The van der Waals surface area contributed by atoms with Crippen LogP contribution in [0.5, 0.6) is 5.75 Å². The van der Waals surface area contributed by atoms with Crippen LogP contribution in [0.2, 0.25) is 0 Å². The molecule has 1 aliphatic rings. The number of imide groups is 1. The number of phenols is 1. The zero-order valence-electron chi connectivity index (χ0n) is 18.3. The Morgan fingerprint density at radius 2 is 1.50 bits per heavy atom. The molecule has 0 radical (unpaired) electrons. The minimum Gasteiger partial charge on any atom is -0.508 e. The Morgan fingerprint density at radius 3 is 2.03 bits per heavy atom. The Balaban J connectivity index is 1.57. The van der Waals surface area contributed by atoms with Crippen LogP contribution < -0.4 is 0 Å². The Morgan fingerprint density at radius 1 is 0.941 bits per heavy atom. The molecule has 172 valence electrons. The molecular formula is C27H23NO6. The van der Waals surface area contributed by atoms with Gasteiger partial charge < -0.3 is 14.9 Å². The first-order valence-electron chi connectivity index (χ1n) is 10.7. The van der Waals surface area contributed by atoms with Crippen molar-refractivity contribution in [3.8, 4) is 16.9 Å². The number of rotatable bonds is 7. The van der Waals surface area contributed by atoms with Gasteiger partial charge in [-0.25, -0.2) is 14.5 Å². The van der Waals surface area contributed by atoms with Gasteiger partial charge in [0.25, 0.3) is 5.91 Å². The van der Waals surface area contributed by atoms with Crippen LogP contribution in [0.15, 0.2) is 85.5 Å². The maximum atomic E-state index is 13.0. The van der Waals surface area contributed by atoms with Gasteiger partial charge in [0.15, 0.2) is 0 Å². The van der Waals surface area contributed by atoms with Crippen LogP contribution in [0.25, 0.3) is 11.1 Å². The highest BCUT2D eigenvalue weighted by atomic mass is 16.6. The van der Waals surface area contributed by atoms with E-state index in [1.54, 1.807) is 0 Å². The van der Waals surface area contributed by atoms with Gasteiger partial charge in [0, 0.05) is 12.3 Å². The normalized spacial score (nSPS) is 12.8. The van der Waals surface area contributed by atoms with Crippen LogP contribution in [0.1, 0.15) is 22.6 Å². The molecule has 1 aliphatic carbocycles. The van der Waals surface area contributed by atoms with E-state index in [0.717, 1.165) is 28.3 Å². The van der Waals surface area contributed by atoms with Gasteiger partial charge in [-0.2, -0.15) is 0 Å². The van der Waals surface area contributed by atoms with E-state index in [0.29, 0.717) is 10.5 Å². The highest BCUT2D eigenvalue weighted by molar-refractivity contribution is 6.01. The largest absolute Gasteiger partial charge is 0.508 e. The maximum Gasteiger partial charge on any atom is 0.417 e. The Hall–Kier alpha value is -4.39. The van der Waals surface area contributed by atoms with E-state index in [1.807, 2.05) is 48.5 Å². The average Bonchev–Trinajstić information content (AvgIpc) is 3.17. The first-order chi connectivity index (χ1) is 16.4. The van der Waals surface area contributed by atoms with E-state index >= 15 is 0 Å². The summed E-state index contributed by atoms with van der Waals surface area (Å²) in [6, 6.07) is 20.0. The summed E-state index contributed by atoms with van der Waals surface area (Å²) in [5.41, 5.74) is 4.62. The standard InChI is InChI=1S/C27H23NO6/c1-2-25(30)28(24(26(31)32)15-17-11-13-18(29)14-12-17)27(33)34-16-23-21-9-5-3-7-19(21)20-8-4-6-10-22(20)23/h2-14,23-24,29H,1,15-16H2,(H,31,32)/t24-/m0/s1. The van der Waals surface area contributed by atoms with Gasteiger partial charge in [-0.15, -0.1) is 0 Å². The van der Waals surface area contributed by atoms with Gasteiger partial charge in [0.2, 0.25) is 0 Å².